The highest BCUT2D eigenvalue weighted by Gasteiger charge is 2.18. The largest absolute Gasteiger partial charge is 0.462 e. The number of nitrogens with one attached hydrogen (secondary N) is 1. The highest BCUT2D eigenvalue weighted by Crippen LogP contribution is 2.14. The van der Waals surface area contributed by atoms with E-state index in [1.807, 2.05) is 0 Å². The summed E-state index contributed by atoms with van der Waals surface area (Å²) in [6, 6.07) is 8.66. The number of anilines is 1. The molecule has 0 spiro atoms. The van der Waals surface area contributed by atoms with Crippen LogP contribution in [0.1, 0.15) is 17.3 Å². The van der Waals surface area contributed by atoms with Gasteiger partial charge in [-0.25, -0.2) is 4.79 Å². The lowest BCUT2D eigenvalue weighted by molar-refractivity contribution is -0.138. The third-order valence-corrected chi connectivity index (χ3v) is 3.41. The van der Waals surface area contributed by atoms with Gasteiger partial charge in [0.05, 0.1) is 19.8 Å². The summed E-state index contributed by atoms with van der Waals surface area (Å²) in [5, 5.41) is 11.8. The van der Waals surface area contributed by atoms with Gasteiger partial charge < -0.3 is 19.7 Å². The van der Waals surface area contributed by atoms with Crippen molar-refractivity contribution < 1.29 is 19.1 Å². The molecule has 0 radical (unpaired) electrons. The standard InChI is InChI=1S/C17H19N3O4/c1-2-24-17(22)14(11-18)12-19-15-5-3-4-13(10-15)16(21)20-6-8-23-9-7-20/h3-5,10,12,19H,2,6-9H2,1H3/b14-12+. The quantitative estimate of drug-likeness (QED) is 0.500. The van der Waals surface area contributed by atoms with Crippen LogP contribution in [0.3, 0.4) is 0 Å². The van der Waals surface area contributed by atoms with Gasteiger partial charge in [-0.1, -0.05) is 6.07 Å². The molecule has 0 unspecified atom stereocenters. The van der Waals surface area contributed by atoms with Gasteiger partial charge in [0.25, 0.3) is 5.91 Å². The second-order valence-electron chi connectivity index (χ2n) is 5.02. The van der Waals surface area contributed by atoms with E-state index in [-0.39, 0.29) is 18.1 Å². The van der Waals surface area contributed by atoms with Crippen molar-refractivity contribution >= 4 is 17.6 Å². The van der Waals surface area contributed by atoms with E-state index in [4.69, 9.17) is 14.7 Å². The fourth-order valence-corrected chi connectivity index (χ4v) is 2.19. The number of rotatable bonds is 5. The van der Waals surface area contributed by atoms with E-state index in [1.165, 1.54) is 6.20 Å². The zero-order valence-corrected chi connectivity index (χ0v) is 13.4. The lowest BCUT2D eigenvalue weighted by atomic mass is 10.1. The molecular formula is C17H19N3O4. The van der Waals surface area contributed by atoms with Crippen LogP contribution in [-0.4, -0.2) is 49.7 Å². The number of hydrogen-bond donors (Lipinski definition) is 1. The summed E-state index contributed by atoms with van der Waals surface area (Å²) in [5.74, 6) is -0.759. The molecule has 7 heteroatoms. The smallest absolute Gasteiger partial charge is 0.350 e. The van der Waals surface area contributed by atoms with Gasteiger partial charge in [-0.15, -0.1) is 0 Å². The highest BCUT2D eigenvalue weighted by atomic mass is 16.5. The summed E-state index contributed by atoms with van der Waals surface area (Å²) >= 11 is 0. The van der Waals surface area contributed by atoms with E-state index in [2.05, 4.69) is 5.32 Å². The molecular weight excluding hydrogens is 310 g/mol. The van der Waals surface area contributed by atoms with E-state index in [1.54, 1.807) is 42.2 Å². The SMILES string of the molecule is CCOC(=O)/C(C#N)=C/Nc1cccc(C(=O)N2CCOCC2)c1. The molecule has 1 aromatic rings. The molecule has 126 valence electrons. The Bertz CT molecular complexity index is 673. The number of benzene rings is 1. The minimum absolute atomic E-state index is 0.0724. The van der Waals surface area contributed by atoms with Crippen LogP contribution in [0.4, 0.5) is 5.69 Å². The number of ether oxygens (including phenoxy) is 2. The number of nitrogens with zero attached hydrogens (tertiary/aromatic N) is 2. The zero-order valence-electron chi connectivity index (χ0n) is 13.4. The topological polar surface area (TPSA) is 91.7 Å². The number of esters is 1. The first-order valence-corrected chi connectivity index (χ1v) is 7.66. The van der Waals surface area contributed by atoms with Crippen LogP contribution < -0.4 is 5.32 Å². The molecule has 1 amide bonds. The van der Waals surface area contributed by atoms with E-state index >= 15 is 0 Å². The van der Waals surface area contributed by atoms with Gasteiger partial charge in [0, 0.05) is 30.5 Å². The van der Waals surface area contributed by atoms with Crippen molar-refractivity contribution in [2.24, 2.45) is 0 Å². The monoisotopic (exact) mass is 329 g/mol. The first-order valence-electron chi connectivity index (χ1n) is 7.66. The molecule has 1 aliphatic rings. The first kappa shape index (κ1) is 17.5. The van der Waals surface area contributed by atoms with Gasteiger partial charge in [-0.3, -0.25) is 4.79 Å². The van der Waals surface area contributed by atoms with Crippen molar-refractivity contribution in [3.05, 3.63) is 41.6 Å². The van der Waals surface area contributed by atoms with E-state index in [0.717, 1.165) is 0 Å². The van der Waals surface area contributed by atoms with Gasteiger partial charge >= 0.3 is 5.97 Å². The Morgan fingerprint density at radius 2 is 2.17 bits per heavy atom. The van der Waals surface area contributed by atoms with Crippen LogP contribution in [0, 0.1) is 11.3 Å². The fourth-order valence-electron chi connectivity index (χ4n) is 2.19. The Labute approximate surface area is 140 Å². The Balaban J connectivity index is 2.08. The van der Waals surface area contributed by atoms with Crippen molar-refractivity contribution in [3.8, 4) is 6.07 Å². The second kappa shape index (κ2) is 8.70. The summed E-state index contributed by atoms with van der Waals surface area (Å²) in [6.45, 7) is 4.08. The van der Waals surface area contributed by atoms with Crippen LogP contribution >= 0.6 is 0 Å². The van der Waals surface area contributed by atoms with Crippen LogP contribution in [0.15, 0.2) is 36.0 Å². The molecule has 0 saturated carbocycles. The Kier molecular flexibility index (Phi) is 6.34. The maximum atomic E-state index is 12.4. The summed E-state index contributed by atoms with van der Waals surface area (Å²) < 4.78 is 10.0. The molecule has 1 aliphatic heterocycles. The number of amides is 1. The van der Waals surface area contributed by atoms with E-state index in [9.17, 15) is 9.59 Å². The molecule has 24 heavy (non-hydrogen) atoms. The molecule has 0 bridgehead atoms. The third-order valence-electron chi connectivity index (χ3n) is 3.41. The fraction of sp³-hybridized carbons (Fsp3) is 0.353. The van der Waals surface area contributed by atoms with Crippen molar-refractivity contribution in [2.45, 2.75) is 6.92 Å². The summed E-state index contributed by atoms with van der Waals surface area (Å²) in [4.78, 5) is 25.7. The maximum absolute atomic E-state index is 12.4. The molecule has 0 aromatic heterocycles. The molecule has 7 nitrogen and oxygen atoms in total. The van der Waals surface area contributed by atoms with Crippen LogP contribution in [0.25, 0.3) is 0 Å². The number of nitriles is 1. The molecule has 1 heterocycles. The van der Waals surface area contributed by atoms with Gasteiger partial charge in [0.15, 0.2) is 5.57 Å². The molecule has 1 aromatic carbocycles. The molecule has 0 atom stereocenters. The minimum Gasteiger partial charge on any atom is -0.462 e. The number of carbonyl (C=O) groups is 2. The summed E-state index contributed by atoms with van der Waals surface area (Å²) in [7, 11) is 0. The van der Waals surface area contributed by atoms with Crippen LogP contribution in [0.5, 0.6) is 0 Å². The lowest BCUT2D eigenvalue weighted by Crippen LogP contribution is -2.40. The number of morpholine rings is 1. The van der Waals surface area contributed by atoms with Crippen molar-refractivity contribution in [1.29, 1.82) is 5.26 Å². The van der Waals surface area contributed by atoms with Gasteiger partial charge in [-0.05, 0) is 25.1 Å². The predicted octanol–water partition coefficient (Wildman–Crippen LogP) is 1.54. The highest BCUT2D eigenvalue weighted by molar-refractivity contribution is 5.95. The van der Waals surface area contributed by atoms with Crippen LogP contribution in [0.2, 0.25) is 0 Å². The Morgan fingerprint density at radius 1 is 1.42 bits per heavy atom. The van der Waals surface area contributed by atoms with E-state index < -0.39 is 5.97 Å². The molecule has 0 aliphatic carbocycles. The maximum Gasteiger partial charge on any atom is 0.350 e. The van der Waals surface area contributed by atoms with Gasteiger partial charge in [-0.2, -0.15) is 5.26 Å². The Hall–Kier alpha value is -2.85. The summed E-state index contributed by atoms with van der Waals surface area (Å²) in [6.07, 6.45) is 1.27. The van der Waals surface area contributed by atoms with Crippen molar-refractivity contribution in [1.82, 2.24) is 4.90 Å². The molecule has 1 fully saturated rings. The molecule has 1 saturated heterocycles. The number of hydrogen-bond acceptors (Lipinski definition) is 6. The normalized spacial score (nSPS) is 14.7. The molecule has 2 rings (SSSR count). The third kappa shape index (κ3) is 4.57. The Morgan fingerprint density at radius 3 is 2.83 bits per heavy atom. The van der Waals surface area contributed by atoms with Crippen molar-refractivity contribution in [3.63, 3.8) is 0 Å². The number of carbonyl (C=O) groups excluding carboxylic acids is 2. The predicted molar refractivity (Wildman–Crippen MR) is 87.1 cm³/mol. The van der Waals surface area contributed by atoms with Gasteiger partial charge in [0.2, 0.25) is 0 Å². The molecule has 1 N–H and O–H groups in total. The zero-order chi connectivity index (χ0) is 17.4. The minimum atomic E-state index is -0.687. The van der Waals surface area contributed by atoms with Gasteiger partial charge in [0.1, 0.15) is 6.07 Å². The average Bonchev–Trinajstić information content (AvgIpc) is 2.63. The average molecular weight is 329 g/mol. The lowest BCUT2D eigenvalue weighted by Gasteiger charge is -2.27. The van der Waals surface area contributed by atoms with E-state index in [0.29, 0.717) is 37.6 Å². The van der Waals surface area contributed by atoms with Crippen molar-refractivity contribution in [2.75, 3.05) is 38.2 Å². The summed E-state index contributed by atoms with van der Waals surface area (Å²) in [5.41, 5.74) is 0.998. The first-order chi connectivity index (χ1) is 11.7. The second-order valence-corrected chi connectivity index (χ2v) is 5.02. The van der Waals surface area contributed by atoms with Crippen LogP contribution in [-0.2, 0) is 14.3 Å².